The van der Waals surface area contributed by atoms with Crippen LogP contribution in [0.4, 0.5) is 5.82 Å². The Kier molecular flexibility index (Phi) is 3.07. The normalized spacial score (nSPS) is 9.81. The Morgan fingerprint density at radius 3 is 2.81 bits per heavy atom. The standard InChI is InChI=1S/C10H7ClN4O/c11-8-2-3-12-9(5-8)15-10(16)7-1-4-13-14-6-7/h1-6H,(H,12,15,16). The summed E-state index contributed by atoms with van der Waals surface area (Å²) in [6.07, 6.45) is 4.34. The van der Waals surface area contributed by atoms with Gasteiger partial charge in [-0.05, 0) is 18.2 Å². The molecule has 0 atom stereocenters. The second-order valence-electron chi connectivity index (χ2n) is 2.94. The van der Waals surface area contributed by atoms with Gasteiger partial charge in [-0.2, -0.15) is 10.2 Å². The molecular formula is C10H7ClN4O. The van der Waals surface area contributed by atoms with Crippen LogP contribution in [0.5, 0.6) is 0 Å². The Bertz CT molecular complexity index is 503. The van der Waals surface area contributed by atoms with Crippen molar-refractivity contribution in [3.63, 3.8) is 0 Å². The molecule has 16 heavy (non-hydrogen) atoms. The van der Waals surface area contributed by atoms with Crippen LogP contribution in [0, 0.1) is 0 Å². The molecule has 0 aromatic carbocycles. The Hall–Kier alpha value is -2.01. The van der Waals surface area contributed by atoms with E-state index in [4.69, 9.17) is 11.6 Å². The van der Waals surface area contributed by atoms with Crippen molar-refractivity contribution >= 4 is 23.3 Å². The molecule has 0 aliphatic rings. The summed E-state index contributed by atoms with van der Waals surface area (Å²) >= 11 is 5.76. The van der Waals surface area contributed by atoms with E-state index in [2.05, 4.69) is 20.5 Å². The molecule has 0 unspecified atom stereocenters. The van der Waals surface area contributed by atoms with Crippen LogP contribution >= 0.6 is 11.6 Å². The highest BCUT2D eigenvalue weighted by Gasteiger charge is 2.06. The molecule has 2 heterocycles. The molecule has 0 fully saturated rings. The molecule has 1 N–H and O–H groups in total. The molecule has 80 valence electrons. The molecule has 0 saturated heterocycles. The predicted octanol–water partition coefficient (Wildman–Crippen LogP) is 1.78. The van der Waals surface area contributed by atoms with Gasteiger partial charge in [-0.1, -0.05) is 11.6 Å². The van der Waals surface area contributed by atoms with E-state index in [-0.39, 0.29) is 5.91 Å². The Morgan fingerprint density at radius 1 is 1.25 bits per heavy atom. The molecule has 0 aliphatic heterocycles. The summed E-state index contributed by atoms with van der Waals surface area (Å²) in [6, 6.07) is 4.76. The van der Waals surface area contributed by atoms with Crippen molar-refractivity contribution in [1.82, 2.24) is 15.2 Å². The number of carbonyl (C=O) groups excluding carboxylic acids is 1. The molecule has 0 saturated carbocycles. The first-order chi connectivity index (χ1) is 7.75. The zero-order chi connectivity index (χ0) is 11.4. The SMILES string of the molecule is O=C(Nc1cc(Cl)ccn1)c1ccnnc1. The predicted molar refractivity (Wildman–Crippen MR) is 59.2 cm³/mol. The van der Waals surface area contributed by atoms with Crippen molar-refractivity contribution in [1.29, 1.82) is 0 Å². The lowest BCUT2D eigenvalue weighted by Crippen LogP contribution is -2.13. The number of nitrogens with zero attached hydrogens (tertiary/aromatic N) is 3. The number of nitrogens with one attached hydrogen (secondary N) is 1. The molecular weight excluding hydrogens is 228 g/mol. The number of aromatic nitrogens is 3. The molecule has 0 bridgehead atoms. The molecule has 2 aromatic heterocycles. The van der Waals surface area contributed by atoms with Crippen LogP contribution < -0.4 is 5.32 Å². The number of hydrogen-bond donors (Lipinski definition) is 1. The second kappa shape index (κ2) is 4.67. The first-order valence-corrected chi connectivity index (χ1v) is 4.83. The van der Waals surface area contributed by atoms with E-state index in [1.807, 2.05) is 0 Å². The average Bonchev–Trinajstić information content (AvgIpc) is 2.30. The third kappa shape index (κ3) is 2.52. The van der Waals surface area contributed by atoms with Crippen molar-refractivity contribution in [3.8, 4) is 0 Å². The second-order valence-corrected chi connectivity index (χ2v) is 3.38. The third-order valence-corrected chi connectivity index (χ3v) is 2.05. The van der Waals surface area contributed by atoms with Gasteiger partial charge >= 0.3 is 0 Å². The maximum Gasteiger partial charge on any atom is 0.258 e. The van der Waals surface area contributed by atoms with Gasteiger partial charge in [0, 0.05) is 11.2 Å². The van der Waals surface area contributed by atoms with Gasteiger partial charge in [0.15, 0.2) is 0 Å². The van der Waals surface area contributed by atoms with Crippen molar-refractivity contribution in [2.24, 2.45) is 0 Å². The summed E-state index contributed by atoms with van der Waals surface area (Å²) < 4.78 is 0. The molecule has 0 radical (unpaired) electrons. The zero-order valence-electron chi connectivity index (χ0n) is 8.09. The fraction of sp³-hybridized carbons (Fsp3) is 0. The van der Waals surface area contributed by atoms with Crippen LogP contribution in [0.3, 0.4) is 0 Å². The van der Waals surface area contributed by atoms with Gasteiger partial charge in [-0.25, -0.2) is 4.98 Å². The summed E-state index contributed by atoms with van der Waals surface area (Å²) in [5.74, 6) is 0.0963. The number of rotatable bonds is 2. The Labute approximate surface area is 96.5 Å². The smallest absolute Gasteiger partial charge is 0.258 e. The molecule has 2 aromatic rings. The molecule has 6 heteroatoms. The van der Waals surface area contributed by atoms with E-state index in [1.54, 1.807) is 18.2 Å². The number of halogens is 1. The minimum absolute atomic E-state index is 0.301. The molecule has 5 nitrogen and oxygen atoms in total. The van der Waals surface area contributed by atoms with Crippen LogP contribution in [0.25, 0.3) is 0 Å². The minimum Gasteiger partial charge on any atom is -0.306 e. The summed E-state index contributed by atoms with van der Waals surface area (Å²) in [7, 11) is 0. The van der Waals surface area contributed by atoms with Gasteiger partial charge in [0.2, 0.25) is 0 Å². The lowest BCUT2D eigenvalue weighted by molar-refractivity contribution is 0.102. The van der Waals surface area contributed by atoms with Gasteiger partial charge in [0.25, 0.3) is 5.91 Å². The topological polar surface area (TPSA) is 67.8 Å². The highest BCUT2D eigenvalue weighted by Crippen LogP contribution is 2.12. The van der Waals surface area contributed by atoms with Gasteiger partial charge in [0.05, 0.1) is 18.0 Å². The number of carbonyl (C=O) groups is 1. The first-order valence-electron chi connectivity index (χ1n) is 4.45. The quantitative estimate of drug-likeness (QED) is 0.860. The van der Waals surface area contributed by atoms with Crippen LogP contribution in [-0.4, -0.2) is 21.1 Å². The largest absolute Gasteiger partial charge is 0.306 e. The van der Waals surface area contributed by atoms with Crippen LogP contribution in [0.1, 0.15) is 10.4 Å². The fourth-order valence-electron chi connectivity index (χ4n) is 1.09. The molecule has 1 amide bonds. The lowest BCUT2D eigenvalue weighted by atomic mass is 10.3. The number of hydrogen-bond acceptors (Lipinski definition) is 4. The van der Waals surface area contributed by atoms with Crippen molar-refractivity contribution < 1.29 is 4.79 Å². The average molecular weight is 235 g/mol. The highest BCUT2D eigenvalue weighted by atomic mass is 35.5. The van der Waals surface area contributed by atoms with Crippen molar-refractivity contribution in [3.05, 3.63) is 47.4 Å². The third-order valence-electron chi connectivity index (χ3n) is 1.81. The van der Waals surface area contributed by atoms with E-state index in [9.17, 15) is 4.79 Å². The van der Waals surface area contributed by atoms with Gasteiger partial charge < -0.3 is 5.32 Å². The van der Waals surface area contributed by atoms with Crippen molar-refractivity contribution in [2.75, 3.05) is 5.32 Å². The number of pyridine rings is 1. The maximum absolute atomic E-state index is 11.7. The van der Waals surface area contributed by atoms with Crippen LogP contribution in [0.2, 0.25) is 5.02 Å². The maximum atomic E-state index is 11.7. The fourth-order valence-corrected chi connectivity index (χ4v) is 1.25. The van der Waals surface area contributed by atoms with Gasteiger partial charge in [-0.3, -0.25) is 4.79 Å². The van der Waals surface area contributed by atoms with E-state index < -0.39 is 0 Å². The summed E-state index contributed by atoms with van der Waals surface area (Å²) in [6.45, 7) is 0. The van der Waals surface area contributed by atoms with E-state index in [1.165, 1.54) is 18.6 Å². The highest BCUT2D eigenvalue weighted by molar-refractivity contribution is 6.30. The van der Waals surface area contributed by atoms with E-state index in [0.29, 0.717) is 16.4 Å². The Morgan fingerprint density at radius 2 is 2.12 bits per heavy atom. The summed E-state index contributed by atoms with van der Waals surface area (Å²) in [4.78, 5) is 15.6. The number of anilines is 1. The summed E-state index contributed by atoms with van der Waals surface area (Å²) in [5, 5.41) is 10.3. The molecule has 2 rings (SSSR count). The van der Waals surface area contributed by atoms with Gasteiger partial charge in [-0.15, -0.1) is 0 Å². The monoisotopic (exact) mass is 234 g/mol. The molecule has 0 aliphatic carbocycles. The lowest BCUT2D eigenvalue weighted by Gasteiger charge is -2.03. The van der Waals surface area contributed by atoms with Crippen LogP contribution in [0.15, 0.2) is 36.8 Å². The van der Waals surface area contributed by atoms with E-state index in [0.717, 1.165) is 0 Å². The zero-order valence-corrected chi connectivity index (χ0v) is 8.85. The van der Waals surface area contributed by atoms with Gasteiger partial charge in [0.1, 0.15) is 5.82 Å². The van der Waals surface area contributed by atoms with Crippen molar-refractivity contribution in [2.45, 2.75) is 0 Å². The van der Waals surface area contributed by atoms with Crippen LogP contribution in [-0.2, 0) is 0 Å². The minimum atomic E-state index is -0.301. The summed E-state index contributed by atoms with van der Waals surface area (Å²) in [5.41, 5.74) is 0.414. The first kappa shape index (κ1) is 10.5. The Balaban J connectivity index is 2.14. The van der Waals surface area contributed by atoms with E-state index >= 15 is 0 Å². The molecule has 0 spiro atoms. The number of amides is 1.